The number of rotatable bonds is 0. The van der Waals surface area contributed by atoms with Crippen LogP contribution in [0.5, 0.6) is 23.0 Å². The van der Waals surface area contributed by atoms with E-state index in [9.17, 15) is 10.2 Å². The molecule has 8 nitrogen and oxygen atoms in total. The Balaban J connectivity index is 1.80. The summed E-state index contributed by atoms with van der Waals surface area (Å²) in [7, 11) is 0. The maximum Gasteiger partial charge on any atom is 0.346 e. The summed E-state index contributed by atoms with van der Waals surface area (Å²) in [6.45, 7) is 1.59. The third-order valence-electron chi connectivity index (χ3n) is 3.71. The zero-order valence-corrected chi connectivity index (χ0v) is 15.4. The number of hydrogen-bond acceptors (Lipinski definition) is 8. The van der Waals surface area contributed by atoms with Crippen molar-refractivity contribution in [3.05, 3.63) is 48.5 Å². The highest BCUT2D eigenvalue weighted by molar-refractivity contribution is 5.47. The van der Waals surface area contributed by atoms with E-state index in [1.54, 1.807) is 36.4 Å². The Hall–Kier alpha value is -2.36. The smallest absolute Gasteiger partial charge is 0.346 e. The number of fused-ring (bicyclic) bond motifs is 2. The van der Waals surface area contributed by atoms with Gasteiger partial charge in [0, 0.05) is 0 Å². The minimum absolute atomic E-state index is 0.145. The van der Waals surface area contributed by atoms with Gasteiger partial charge >= 0.3 is 5.97 Å². The first-order valence-electron chi connectivity index (χ1n) is 9.00. The molecule has 2 aromatic rings. The minimum Gasteiger partial charge on any atom is -0.487 e. The predicted octanol–water partition coefficient (Wildman–Crippen LogP) is 1.94. The molecule has 0 amide bonds. The number of benzene rings is 2. The molecule has 0 unspecified atom stereocenters. The van der Waals surface area contributed by atoms with E-state index >= 15 is 0 Å². The molecule has 0 bridgehead atoms. The standard InChI is InChI=1S/C20H24O8/c21-20(22)15-25-12-11-23-9-10-24-13-14-26-16-5-1-2-6-17(16)27-18-7-3-4-8-19(18)28-20/h1-8,21-22H,9-15H2. The van der Waals surface area contributed by atoms with Crippen molar-refractivity contribution in [2.24, 2.45) is 0 Å². The van der Waals surface area contributed by atoms with Gasteiger partial charge in [0.15, 0.2) is 23.0 Å². The third kappa shape index (κ3) is 6.36. The van der Waals surface area contributed by atoms with Gasteiger partial charge in [0.05, 0.1) is 33.0 Å². The fourth-order valence-electron chi connectivity index (χ4n) is 2.45. The largest absolute Gasteiger partial charge is 0.487 e. The number of para-hydroxylation sites is 4. The monoisotopic (exact) mass is 392 g/mol. The summed E-state index contributed by atoms with van der Waals surface area (Å²) < 4.78 is 33.0. The van der Waals surface area contributed by atoms with Crippen molar-refractivity contribution in [3.63, 3.8) is 0 Å². The number of aliphatic hydroxyl groups is 2. The van der Waals surface area contributed by atoms with Gasteiger partial charge in [-0.1, -0.05) is 24.3 Å². The van der Waals surface area contributed by atoms with E-state index in [0.29, 0.717) is 50.3 Å². The van der Waals surface area contributed by atoms with Crippen molar-refractivity contribution >= 4 is 0 Å². The molecule has 0 radical (unpaired) electrons. The topological polar surface area (TPSA) is 95.8 Å². The summed E-state index contributed by atoms with van der Waals surface area (Å²) in [4.78, 5) is 0. The second-order valence-electron chi connectivity index (χ2n) is 5.97. The van der Waals surface area contributed by atoms with Crippen LogP contribution in [-0.4, -0.2) is 62.4 Å². The zero-order valence-electron chi connectivity index (χ0n) is 15.4. The first-order valence-corrected chi connectivity index (χ1v) is 9.00. The van der Waals surface area contributed by atoms with Gasteiger partial charge in [0.1, 0.15) is 13.2 Å². The van der Waals surface area contributed by atoms with Crippen molar-refractivity contribution in [2.45, 2.75) is 5.97 Å². The molecule has 1 aliphatic rings. The van der Waals surface area contributed by atoms with Gasteiger partial charge < -0.3 is 38.6 Å². The lowest BCUT2D eigenvalue weighted by atomic mass is 10.3. The van der Waals surface area contributed by atoms with Gasteiger partial charge in [-0.2, -0.15) is 0 Å². The lowest BCUT2D eigenvalue weighted by Crippen LogP contribution is -2.41. The highest BCUT2D eigenvalue weighted by atomic mass is 16.8. The van der Waals surface area contributed by atoms with E-state index in [4.69, 9.17) is 28.4 Å². The molecule has 2 aromatic carbocycles. The average molecular weight is 392 g/mol. The Bertz CT molecular complexity index is 734. The second kappa shape index (κ2) is 10.3. The molecule has 0 spiro atoms. The molecular formula is C20H24O8. The molecule has 3 rings (SSSR count). The Morgan fingerprint density at radius 1 is 0.607 bits per heavy atom. The molecule has 0 aliphatic carbocycles. The quantitative estimate of drug-likeness (QED) is 0.657. The van der Waals surface area contributed by atoms with Crippen LogP contribution in [0.15, 0.2) is 48.5 Å². The molecule has 0 saturated carbocycles. The number of hydrogen-bond donors (Lipinski definition) is 2. The van der Waals surface area contributed by atoms with Crippen molar-refractivity contribution in [2.75, 3.05) is 46.2 Å². The lowest BCUT2D eigenvalue weighted by Gasteiger charge is -2.24. The Labute approximate surface area is 163 Å². The van der Waals surface area contributed by atoms with Crippen LogP contribution >= 0.6 is 0 Å². The van der Waals surface area contributed by atoms with Gasteiger partial charge in [0.2, 0.25) is 0 Å². The molecule has 2 N–H and O–H groups in total. The van der Waals surface area contributed by atoms with Crippen molar-refractivity contribution < 1.29 is 38.6 Å². The first-order chi connectivity index (χ1) is 13.6. The maximum atomic E-state index is 10.1. The van der Waals surface area contributed by atoms with Crippen molar-refractivity contribution in [1.29, 1.82) is 0 Å². The Morgan fingerprint density at radius 2 is 1.11 bits per heavy atom. The lowest BCUT2D eigenvalue weighted by molar-refractivity contribution is -0.314. The number of ether oxygens (including phenoxy) is 6. The van der Waals surface area contributed by atoms with E-state index in [2.05, 4.69) is 0 Å². The zero-order chi connectivity index (χ0) is 19.7. The maximum absolute atomic E-state index is 10.1. The summed E-state index contributed by atoms with van der Waals surface area (Å²) in [5.74, 6) is -1.09. The molecule has 0 aromatic heterocycles. The van der Waals surface area contributed by atoms with Crippen LogP contribution in [0.2, 0.25) is 0 Å². The van der Waals surface area contributed by atoms with Crippen molar-refractivity contribution in [1.82, 2.24) is 0 Å². The molecule has 1 aliphatic heterocycles. The Kier molecular flexibility index (Phi) is 7.46. The third-order valence-corrected chi connectivity index (χ3v) is 3.71. The van der Waals surface area contributed by atoms with E-state index in [1.807, 2.05) is 12.1 Å². The fraction of sp³-hybridized carbons (Fsp3) is 0.400. The van der Waals surface area contributed by atoms with Gasteiger partial charge in [-0.05, 0) is 24.3 Å². The van der Waals surface area contributed by atoms with E-state index < -0.39 is 12.6 Å². The summed E-state index contributed by atoms with van der Waals surface area (Å²) in [5, 5.41) is 20.2. The molecule has 1 heterocycles. The van der Waals surface area contributed by atoms with Crippen LogP contribution < -0.4 is 14.2 Å². The molecule has 0 fully saturated rings. The van der Waals surface area contributed by atoms with Crippen LogP contribution in [-0.2, 0) is 14.2 Å². The fourth-order valence-corrected chi connectivity index (χ4v) is 2.45. The summed E-state index contributed by atoms with van der Waals surface area (Å²) >= 11 is 0. The molecule has 152 valence electrons. The van der Waals surface area contributed by atoms with Crippen LogP contribution in [0, 0.1) is 0 Å². The van der Waals surface area contributed by atoms with E-state index in [0.717, 1.165) is 0 Å². The van der Waals surface area contributed by atoms with Crippen LogP contribution in [0.25, 0.3) is 0 Å². The SMILES string of the molecule is OC1(O)COCCOCCOCCOc2ccccc2Oc2ccccc2O1. The van der Waals surface area contributed by atoms with E-state index in [-0.39, 0.29) is 12.4 Å². The first kappa shape index (κ1) is 20.4. The van der Waals surface area contributed by atoms with E-state index in [1.165, 1.54) is 0 Å². The van der Waals surface area contributed by atoms with Crippen LogP contribution in [0.4, 0.5) is 0 Å². The van der Waals surface area contributed by atoms with Gasteiger partial charge in [-0.25, -0.2) is 0 Å². The summed E-state index contributed by atoms with van der Waals surface area (Å²) in [5.41, 5.74) is 0. The molecule has 8 heteroatoms. The predicted molar refractivity (Wildman–Crippen MR) is 98.7 cm³/mol. The van der Waals surface area contributed by atoms with Gasteiger partial charge in [-0.15, -0.1) is 0 Å². The minimum atomic E-state index is -2.52. The highest BCUT2D eigenvalue weighted by Crippen LogP contribution is 2.37. The molecular weight excluding hydrogens is 368 g/mol. The summed E-state index contributed by atoms with van der Waals surface area (Å²) in [6.07, 6.45) is 0. The molecule has 28 heavy (non-hydrogen) atoms. The molecule has 0 atom stereocenters. The Morgan fingerprint density at radius 3 is 1.79 bits per heavy atom. The highest BCUT2D eigenvalue weighted by Gasteiger charge is 2.28. The van der Waals surface area contributed by atoms with Crippen LogP contribution in [0.1, 0.15) is 0 Å². The van der Waals surface area contributed by atoms with Crippen molar-refractivity contribution in [3.8, 4) is 23.0 Å². The van der Waals surface area contributed by atoms with Gasteiger partial charge in [-0.3, -0.25) is 0 Å². The average Bonchev–Trinajstić information content (AvgIpc) is 2.68. The second-order valence-corrected chi connectivity index (χ2v) is 5.97. The normalized spacial score (nSPS) is 18.8. The van der Waals surface area contributed by atoms with Gasteiger partial charge in [0.25, 0.3) is 0 Å². The molecule has 0 saturated heterocycles. The summed E-state index contributed by atoms with van der Waals surface area (Å²) in [6, 6.07) is 13.8. The van der Waals surface area contributed by atoms with Crippen LogP contribution in [0.3, 0.4) is 0 Å².